The molecule has 0 aliphatic carbocycles. The number of fused-ring (bicyclic) bond motifs is 1. The van der Waals surface area contributed by atoms with E-state index in [4.69, 9.17) is 14.2 Å². The molecule has 0 fully saturated rings. The molecule has 1 aliphatic rings. The number of hydrogen-bond acceptors (Lipinski definition) is 6. The summed E-state index contributed by atoms with van der Waals surface area (Å²) in [5.74, 6) is 2.32. The molecule has 7 heteroatoms. The Balaban J connectivity index is 1.98. The SMILES string of the molecule is COCCn1c(SC)nnc1-c1ccc2c(c1)OCO2. The number of rotatable bonds is 5. The van der Waals surface area contributed by atoms with Gasteiger partial charge in [-0.1, -0.05) is 11.8 Å². The second kappa shape index (κ2) is 5.72. The summed E-state index contributed by atoms with van der Waals surface area (Å²) in [6.45, 7) is 1.60. The Morgan fingerprint density at radius 3 is 2.95 bits per heavy atom. The maximum atomic E-state index is 5.41. The Morgan fingerprint density at radius 2 is 2.15 bits per heavy atom. The highest BCUT2D eigenvalue weighted by Gasteiger charge is 2.18. The Hall–Kier alpha value is -1.73. The highest BCUT2D eigenvalue weighted by Crippen LogP contribution is 2.35. The number of nitrogens with zero attached hydrogens (tertiary/aromatic N) is 3. The molecular formula is C13H15N3O3S. The van der Waals surface area contributed by atoms with Crippen molar-refractivity contribution in [1.29, 1.82) is 0 Å². The van der Waals surface area contributed by atoms with Crippen molar-refractivity contribution in [3.8, 4) is 22.9 Å². The maximum absolute atomic E-state index is 5.41. The van der Waals surface area contributed by atoms with Gasteiger partial charge in [-0.25, -0.2) is 0 Å². The largest absolute Gasteiger partial charge is 0.454 e. The van der Waals surface area contributed by atoms with Crippen molar-refractivity contribution in [3.63, 3.8) is 0 Å². The Labute approximate surface area is 121 Å². The van der Waals surface area contributed by atoms with Gasteiger partial charge in [0.15, 0.2) is 22.5 Å². The van der Waals surface area contributed by atoms with E-state index in [1.54, 1.807) is 18.9 Å². The van der Waals surface area contributed by atoms with Crippen molar-refractivity contribution in [2.24, 2.45) is 0 Å². The molecule has 0 N–H and O–H groups in total. The highest BCUT2D eigenvalue weighted by atomic mass is 32.2. The summed E-state index contributed by atoms with van der Waals surface area (Å²) < 4.78 is 17.9. The number of benzene rings is 1. The molecule has 0 atom stereocenters. The van der Waals surface area contributed by atoms with Crippen molar-refractivity contribution in [2.75, 3.05) is 26.8 Å². The molecule has 0 saturated heterocycles. The van der Waals surface area contributed by atoms with Crippen LogP contribution in [0.15, 0.2) is 23.4 Å². The first-order valence-electron chi connectivity index (χ1n) is 6.19. The zero-order chi connectivity index (χ0) is 13.9. The standard InChI is InChI=1S/C13H15N3O3S/c1-17-6-5-16-12(14-15-13(16)20-2)9-3-4-10-11(7-9)19-8-18-10/h3-4,7H,5-6,8H2,1-2H3. The van der Waals surface area contributed by atoms with E-state index in [2.05, 4.69) is 10.2 Å². The van der Waals surface area contributed by atoms with Gasteiger partial charge >= 0.3 is 0 Å². The molecule has 0 radical (unpaired) electrons. The molecule has 0 unspecified atom stereocenters. The normalized spacial score (nSPS) is 12.9. The average Bonchev–Trinajstić information content (AvgIpc) is 3.10. The molecule has 1 aliphatic heterocycles. The summed E-state index contributed by atoms with van der Waals surface area (Å²) in [7, 11) is 1.68. The lowest BCUT2D eigenvalue weighted by Gasteiger charge is -2.09. The van der Waals surface area contributed by atoms with Gasteiger partial charge in [-0.15, -0.1) is 10.2 Å². The molecule has 1 aromatic heterocycles. The van der Waals surface area contributed by atoms with Crippen molar-refractivity contribution in [1.82, 2.24) is 14.8 Å². The molecule has 0 saturated carbocycles. The van der Waals surface area contributed by atoms with E-state index in [0.717, 1.165) is 28.0 Å². The third-order valence-corrected chi connectivity index (χ3v) is 3.72. The van der Waals surface area contributed by atoms with Gasteiger partial charge in [0.2, 0.25) is 6.79 Å². The van der Waals surface area contributed by atoms with Crippen LogP contribution in [0, 0.1) is 0 Å². The predicted molar refractivity (Wildman–Crippen MR) is 75.2 cm³/mol. The van der Waals surface area contributed by atoms with E-state index in [-0.39, 0.29) is 6.79 Å². The highest BCUT2D eigenvalue weighted by molar-refractivity contribution is 7.98. The fourth-order valence-electron chi connectivity index (χ4n) is 2.07. The maximum Gasteiger partial charge on any atom is 0.231 e. The Morgan fingerprint density at radius 1 is 1.30 bits per heavy atom. The van der Waals surface area contributed by atoms with E-state index in [1.165, 1.54) is 0 Å². The second-order valence-electron chi connectivity index (χ2n) is 4.22. The van der Waals surface area contributed by atoms with Crippen LogP contribution in [0.25, 0.3) is 11.4 Å². The molecule has 2 aromatic rings. The van der Waals surface area contributed by atoms with Gasteiger partial charge < -0.3 is 14.2 Å². The zero-order valence-corrected chi connectivity index (χ0v) is 12.1. The van der Waals surface area contributed by atoms with Crippen LogP contribution in [0.4, 0.5) is 0 Å². The first-order valence-corrected chi connectivity index (χ1v) is 7.42. The molecule has 6 nitrogen and oxygen atoms in total. The van der Waals surface area contributed by atoms with Crippen LogP contribution in [0.2, 0.25) is 0 Å². The molecule has 106 valence electrons. The van der Waals surface area contributed by atoms with E-state index < -0.39 is 0 Å². The van der Waals surface area contributed by atoms with Crippen LogP contribution in [0.3, 0.4) is 0 Å². The van der Waals surface area contributed by atoms with Crippen LogP contribution in [-0.2, 0) is 11.3 Å². The third kappa shape index (κ3) is 2.34. The van der Waals surface area contributed by atoms with Crippen LogP contribution in [0.5, 0.6) is 11.5 Å². The van der Waals surface area contributed by atoms with Gasteiger partial charge in [0.25, 0.3) is 0 Å². The molecule has 20 heavy (non-hydrogen) atoms. The molecule has 1 aromatic carbocycles. The van der Waals surface area contributed by atoms with Gasteiger partial charge in [-0.2, -0.15) is 0 Å². The van der Waals surface area contributed by atoms with Crippen molar-refractivity contribution >= 4 is 11.8 Å². The van der Waals surface area contributed by atoms with Gasteiger partial charge in [0.1, 0.15) is 0 Å². The minimum Gasteiger partial charge on any atom is -0.454 e. The van der Waals surface area contributed by atoms with E-state index in [9.17, 15) is 0 Å². The lowest BCUT2D eigenvalue weighted by molar-refractivity contribution is 0.174. The topological polar surface area (TPSA) is 58.4 Å². The smallest absolute Gasteiger partial charge is 0.231 e. The van der Waals surface area contributed by atoms with E-state index in [0.29, 0.717) is 13.2 Å². The lowest BCUT2D eigenvalue weighted by Crippen LogP contribution is -2.07. The van der Waals surface area contributed by atoms with Gasteiger partial charge in [-0.05, 0) is 24.5 Å². The van der Waals surface area contributed by atoms with Crippen LogP contribution in [0.1, 0.15) is 0 Å². The molecule has 2 heterocycles. The number of ether oxygens (including phenoxy) is 3. The van der Waals surface area contributed by atoms with Crippen LogP contribution >= 0.6 is 11.8 Å². The van der Waals surface area contributed by atoms with Gasteiger partial charge in [-0.3, -0.25) is 4.57 Å². The predicted octanol–water partition coefficient (Wildman–Crippen LogP) is 2.04. The molecule has 0 bridgehead atoms. The first-order chi connectivity index (χ1) is 9.83. The molecule has 0 spiro atoms. The quantitative estimate of drug-likeness (QED) is 0.786. The number of aromatic nitrogens is 3. The number of hydrogen-bond donors (Lipinski definition) is 0. The Bertz CT molecular complexity index is 615. The van der Waals surface area contributed by atoms with Crippen molar-refractivity contribution < 1.29 is 14.2 Å². The van der Waals surface area contributed by atoms with E-state index in [1.807, 2.05) is 29.0 Å². The number of methoxy groups -OCH3 is 1. The fourth-order valence-corrected chi connectivity index (χ4v) is 2.59. The molecule has 0 amide bonds. The van der Waals surface area contributed by atoms with Gasteiger partial charge in [0.05, 0.1) is 13.2 Å². The van der Waals surface area contributed by atoms with Gasteiger partial charge in [0, 0.05) is 12.7 Å². The minimum absolute atomic E-state index is 0.269. The van der Waals surface area contributed by atoms with E-state index >= 15 is 0 Å². The summed E-state index contributed by atoms with van der Waals surface area (Å²) >= 11 is 1.56. The molecular weight excluding hydrogens is 278 g/mol. The fraction of sp³-hybridized carbons (Fsp3) is 0.385. The monoisotopic (exact) mass is 293 g/mol. The first kappa shape index (κ1) is 13.3. The van der Waals surface area contributed by atoms with Crippen LogP contribution in [-0.4, -0.2) is 41.5 Å². The average molecular weight is 293 g/mol. The number of thioether (sulfide) groups is 1. The summed E-state index contributed by atoms with van der Waals surface area (Å²) in [4.78, 5) is 0. The minimum atomic E-state index is 0.269. The Kier molecular flexibility index (Phi) is 3.79. The summed E-state index contributed by atoms with van der Waals surface area (Å²) in [6, 6.07) is 5.79. The zero-order valence-electron chi connectivity index (χ0n) is 11.3. The summed E-state index contributed by atoms with van der Waals surface area (Å²) in [5.41, 5.74) is 0.957. The summed E-state index contributed by atoms with van der Waals surface area (Å²) in [6.07, 6.45) is 1.98. The van der Waals surface area contributed by atoms with Crippen LogP contribution < -0.4 is 9.47 Å². The van der Waals surface area contributed by atoms with Crippen molar-refractivity contribution in [3.05, 3.63) is 18.2 Å². The lowest BCUT2D eigenvalue weighted by atomic mass is 10.2. The summed E-state index contributed by atoms with van der Waals surface area (Å²) in [5, 5.41) is 9.35. The van der Waals surface area contributed by atoms with Crippen molar-refractivity contribution in [2.45, 2.75) is 11.7 Å². The second-order valence-corrected chi connectivity index (χ2v) is 5.00. The third-order valence-electron chi connectivity index (χ3n) is 3.05. The molecule has 3 rings (SSSR count).